The molecule has 0 radical (unpaired) electrons. The molecule has 1 aliphatic carbocycles. The Morgan fingerprint density at radius 3 is 2.29 bits per heavy atom. The molecule has 0 aromatic heterocycles. The third-order valence-electron chi connectivity index (χ3n) is 6.38. The van der Waals surface area contributed by atoms with E-state index in [1.54, 1.807) is 19.0 Å². The fourth-order valence-corrected chi connectivity index (χ4v) is 4.71. The lowest BCUT2D eigenvalue weighted by Crippen LogP contribution is -2.50. The van der Waals surface area contributed by atoms with Crippen molar-refractivity contribution in [1.82, 2.24) is 15.5 Å². The Balaban J connectivity index is 1.24. The molecule has 1 aliphatic heterocycles. The van der Waals surface area contributed by atoms with Gasteiger partial charge in [0.2, 0.25) is 5.91 Å². The monoisotopic (exact) mass is 481 g/mol. The number of hydrogen-bond acceptors (Lipinski definition) is 6. The standard InChI is InChI=1S/C26H31N3O6/c1-29(2)14-22(25(31)32)28-24(30)23-12-11-16(35-23)13-27-26(33)34-15-21-19-9-5-3-7-17(19)18-8-4-6-10-20(18)21/h3-10,16,21-23H,11-15H2,1-2H3,(H,27,33)(H,28,30)(H,31,32). The van der Waals surface area contributed by atoms with Gasteiger partial charge in [-0.25, -0.2) is 9.59 Å². The normalized spacial score (nSPS) is 19.6. The van der Waals surface area contributed by atoms with Crippen molar-refractivity contribution >= 4 is 18.0 Å². The van der Waals surface area contributed by atoms with Crippen molar-refractivity contribution in [2.45, 2.75) is 37.0 Å². The van der Waals surface area contributed by atoms with Gasteiger partial charge in [-0.3, -0.25) is 4.79 Å². The third-order valence-corrected chi connectivity index (χ3v) is 6.38. The molecular formula is C26H31N3O6. The van der Waals surface area contributed by atoms with Crippen molar-refractivity contribution in [3.05, 3.63) is 59.7 Å². The van der Waals surface area contributed by atoms with E-state index in [4.69, 9.17) is 9.47 Å². The Morgan fingerprint density at radius 1 is 1.06 bits per heavy atom. The van der Waals surface area contributed by atoms with Crippen LogP contribution in [-0.2, 0) is 19.1 Å². The first-order valence-electron chi connectivity index (χ1n) is 11.8. The molecule has 3 atom stereocenters. The minimum absolute atomic E-state index is 0.0201. The second kappa shape index (κ2) is 10.9. The number of benzene rings is 2. The molecule has 2 aliphatic rings. The molecule has 0 spiro atoms. The Hall–Kier alpha value is -3.43. The Morgan fingerprint density at radius 2 is 1.69 bits per heavy atom. The second-order valence-electron chi connectivity index (χ2n) is 9.19. The van der Waals surface area contributed by atoms with Crippen LogP contribution < -0.4 is 10.6 Å². The second-order valence-corrected chi connectivity index (χ2v) is 9.19. The number of likely N-dealkylation sites (N-methyl/N-ethyl adjacent to an activating group) is 1. The summed E-state index contributed by atoms with van der Waals surface area (Å²) < 4.78 is 11.3. The van der Waals surface area contributed by atoms with E-state index in [2.05, 4.69) is 34.9 Å². The van der Waals surface area contributed by atoms with Crippen molar-refractivity contribution in [2.24, 2.45) is 0 Å². The van der Waals surface area contributed by atoms with E-state index in [0.29, 0.717) is 12.8 Å². The van der Waals surface area contributed by atoms with Crippen molar-refractivity contribution in [1.29, 1.82) is 0 Å². The molecule has 0 saturated carbocycles. The van der Waals surface area contributed by atoms with Crippen LogP contribution in [-0.4, -0.2) is 80.0 Å². The fraction of sp³-hybridized carbons (Fsp3) is 0.423. The van der Waals surface area contributed by atoms with Crippen molar-refractivity contribution in [2.75, 3.05) is 33.8 Å². The highest BCUT2D eigenvalue weighted by atomic mass is 16.5. The SMILES string of the molecule is CN(C)CC(NC(=O)C1CCC(CNC(=O)OCC2c3ccccc3-c3ccccc32)O1)C(=O)O. The zero-order valence-electron chi connectivity index (χ0n) is 19.9. The number of alkyl carbamates (subject to hydrolysis) is 1. The molecule has 3 N–H and O–H groups in total. The Kier molecular flexibility index (Phi) is 7.67. The average Bonchev–Trinajstić information content (AvgIpc) is 3.44. The average molecular weight is 482 g/mol. The van der Waals surface area contributed by atoms with Crippen LogP contribution in [0.4, 0.5) is 4.79 Å². The molecular weight excluding hydrogens is 450 g/mol. The quantitative estimate of drug-likeness (QED) is 0.503. The number of aliphatic carboxylic acids is 1. The first kappa shape index (κ1) is 24.7. The number of nitrogens with zero attached hydrogens (tertiary/aromatic N) is 1. The van der Waals surface area contributed by atoms with Gasteiger partial charge in [-0.2, -0.15) is 0 Å². The van der Waals surface area contributed by atoms with Gasteiger partial charge in [0, 0.05) is 19.0 Å². The largest absolute Gasteiger partial charge is 0.480 e. The maximum atomic E-state index is 12.4. The van der Waals surface area contributed by atoms with Crippen LogP contribution >= 0.6 is 0 Å². The zero-order valence-corrected chi connectivity index (χ0v) is 19.9. The first-order chi connectivity index (χ1) is 16.8. The van der Waals surface area contributed by atoms with Gasteiger partial charge in [-0.05, 0) is 49.2 Å². The lowest BCUT2D eigenvalue weighted by Gasteiger charge is -2.21. The Labute approximate surface area is 204 Å². The predicted octanol–water partition coefficient (Wildman–Crippen LogP) is 2.20. The molecule has 3 unspecified atom stereocenters. The summed E-state index contributed by atoms with van der Waals surface area (Å²) in [7, 11) is 3.47. The number of carboxylic acid groups (broad SMARTS) is 1. The molecule has 4 rings (SSSR count). The zero-order chi connectivity index (χ0) is 24.9. The van der Waals surface area contributed by atoms with Gasteiger partial charge in [0.15, 0.2) is 0 Å². The maximum Gasteiger partial charge on any atom is 0.407 e. The lowest BCUT2D eigenvalue weighted by molar-refractivity contribution is -0.144. The molecule has 35 heavy (non-hydrogen) atoms. The van der Waals surface area contributed by atoms with Crippen LogP contribution in [0, 0.1) is 0 Å². The number of rotatable bonds is 9. The Bertz CT molecular complexity index is 1040. The van der Waals surface area contributed by atoms with E-state index in [0.717, 1.165) is 22.3 Å². The van der Waals surface area contributed by atoms with E-state index in [1.807, 2.05) is 24.3 Å². The fourth-order valence-electron chi connectivity index (χ4n) is 4.71. The van der Waals surface area contributed by atoms with Crippen LogP contribution in [0.15, 0.2) is 48.5 Å². The third kappa shape index (κ3) is 5.80. The van der Waals surface area contributed by atoms with E-state index in [9.17, 15) is 19.5 Å². The molecule has 1 heterocycles. The summed E-state index contributed by atoms with van der Waals surface area (Å²) in [6.45, 7) is 0.611. The summed E-state index contributed by atoms with van der Waals surface area (Å²) in [5.41, 5.74) is 4.61. The van der Waals surface area contributed by atoms with Gasteiger partial charge < -0.3 is 30.1 Å². The van der Waals surface area contributed by atoms with E-state index in [-0.39, 0.29) is 31.7 Å². The topological polar surface area (TPSA) is 117 Å². The highest BCUT2D eigenvalue weighted by Crippen LogP contribution is 2.44. The smallest absolute Gasteiger partial charge is 0.407 e. The number of amides is 2. The number of nitrogens with one attached hydrogen (secondary N) is 2. The molecule has 9 nitrogen and oxygen atoms in total. The van der Waals surface area contributed by atoms with E-state index < -0.39 is 30.1 Å². The maximum absolute atomic E-state index is 12.4. The first-order valence-corrected chi connectivity index (χ1v) is 11.8. The molecule has 2 aromatic rings. The van der Waals surface area contributed by atoms with E-state index >= 15 is 0 Å². The number of hydrogen-bond donors (Lipinski definition) is 3. The number of carbonyl (C=O) groups is 3. The van der Waals surface area contributed by atoms with Crippen LogP contribution in [0.3, 0.4) is 0 Å². The van der Waals surface area contributed by atoms with Gasteiger partial charge in [0.25, 0.3) is 0 Å². The van der Waals surface area contributed by atoms with Gasteiger partial charge in [0.05, 0.1) is 6.10 Å². The molecule has 2 aromatic carbocycles. The minimum atomic E-state index is -1.10. The van der Waals surface area contributed by atoms with Gasteiger partial charge in [-0.1, -0.05) is 48.5 Å². The molecule has 1 fully saturated rings. The molecule has 0 bridgehead atoms. The summed E-state index contributed by atoms with van der Waals surface area (Å²) in [4.78, 5) is 37.9. The number of fused-ring (bicyclic) bond motifs is 3. The van der Waals surface area contributed by atoms with Gasteiger partial charge in [-0.15, -0.1) is 0 Å². The van der Waals surface area contributed by atoms with Crippen molar-refractivity contribution < 1.29 is 29.0 Å². The lowest BCUT2D eigenvalue weighted by atomic mass is 9.98. The summed E-state index contributed by atoms with van der Waals surface area (Å²) >= 11 is 0. The minimum Gasteiger partial charge on any atom is -0.480 e. The highest BCUT2D eigenvalue weighted by Gasteiger charge is 2.34. The van der Waals surface area contributed by atoms with Crippen molar-refractivity contribution in [3.8, 4) is 11.1 Å². The summed E-state index contributed by atoms with van der Waals surface area (Å²) in [5, 5.41) is 14.6. The van der Waals surface area contributed by atoms with Crippen molar-refractivity contribution in [3.63, 3.8) is 0 Å². The van der Waals surface area contributed by atoms with Gasteiger partial charge in [0.1, 0.15) is 18.8 Å². The molecule has 9 heteroatoms. The summed E-state index contributed by atoms with van der Waals surface area (Å²) in [5.74, 6) is -1.57. The van der Waals surface area contributed by atoms with E-state index in [1.165, 1.54) is 0 Å². The van der Waals surface area contributed by atoms with Crippen LogP contribution in [0.25, 0.3) is 11.1 Å². The molecule has 186 valence electrons. The number of carboxylic acids is 1. The van der Waals surface area contributed by atoms with Crippen LogP contribution in [0.1, 0.15) is 29.9 Å². The summed E-state index contributed by atoms with van der Waals surface area (Å²) in [6.07, 6.45) is -0.596. The van der Waals surface area contributed by atoms with Crippen LogP contribution in [0.2, 0.25) is 0 Å². The number of carbonyl (C=O) groups excluding carboxylic acids is 2. The van der Waals surface area contributed by atoms with Gasteiger partial charge >= 0.3 is 12.1 Å². The summed E-state index contributed by atoms with van der Waals surface area (Å²) in [6, 6.07) is 15.3. The number of ether oxygens (including phenoxy) is 2. The molecule has 1 saturated heterocycles. The highest BCUT2D eigenvalue weighted by molar-refractivity contribution is 5.86. The van der Waals surface area contributed by atoms with Crippen LogP contribution in [0.5, 0.6) is 0 Å². The molecule has 2 amide bonds. The predicted molar refractivity (Wildman–Crippen MR) is 129 cm³/mol.